The fourth-order valence-electron chi connectivity index (χ4n) is 2.69. The van der Waals surface area contributed by atoms with E-state index in [0.29, 0.717) is 12.6 Å². The first-order chi connectivity index (χ1) is 8.22. The van der Waals surface area contributed by atoms with Gasteiger partial charge in [0.05, 0.1) is 0 Å². The average molecular weight is 232 g/mol. The number of benzene rings is 1. The summed E-state index contributed by atoms with van der Waals surface area (Å²) in [6.45, 7) is 2.72. The summed E-state index contributed by atoms with van der Waals surface area (Å²) in [5.41, 5.74) is 9.32. The highest BCUT2D eigenvalue weighted by Crippen LogP contribution is 2.41. The molecule has 0 spiro atoms. The van der Waals surface area contributed by atoms with Crippen LogP contribution in [-0.4, -0.2) is 11.1 Å². The Bertz CT molecular complexity index is 567. The van der Waals surface area contributed by atoms with E-state index in [1.807, 2.05) is 6.07 Å². The molecule has 0 bridgehead atoms. The van der Waals surface area contributed by atoms with E-state index >= 15 is 0 Å². The van der Waals surface area contributed by atoms with Gasteiger partial charge in [0, 0.05) is 29.1 Å². The lowest BCUT2D eigenvalue weighted by Gasteiger charge is -2.09. The first-order valence-corrected chi connectivity index (χ1v) is 6.21. The van der Waals surface area contributed by atoms with Crippen molar-refractivity contribution in [3.63, 3.8) is 0 Å². The van der Waals surface area contributed by atoms with Crippen LogP contribution in [0.1, 0.15) is 30.1 Å². The van der Waals surface area contributed by atoms with Crippen LogP contribution >= 0.6 is 0 Å². The van der Waals surface area contributed by atoms with Crippen LogP contribution in [0.15, 0.2) is 18.2 Å². The normalized spacial score (nSPS) is 15.7. The van der Waals surface area contributed by atoms with Gasteiger partial charge in [0.1, 0.15) is 5.82 Å². The van der Waals surface area contributed by atoms with Crippen LogP contribution in [0.3, 0.4) is 0 Å². The zero-order valence-corrected chi connectivity index (χ0v) is 10.0. The van der Waals surface area contributed by atoms with Crippen LogP contribution in [0.2, 0.25) is 0 Å². The Balaban J connectivity index is 2.28. The lowest BCUT2D eigenvalue weighted by Crippen LogP contribution is -2.09. The molecule has 1 aliphatic rings. The molecule has 0 radical (unpaired) electrons. The second kappa shape index (κ2) is 3.84. The molecule has 0 atom stereocenters. The number of fused-ring (bicyclic) bond motifs is 1. The van der Waals surface area contributed by atoms with E-state index in [9.17, 15) is 4.39 Å². The Hall–Kier alpha value is -1.35. The molecule has 3 rings (SSSR count). The molecule has 2 aromatic rings. The van der Waals surface area contributed by atoms with E-state index in [-0.39, 0.29) is 5.82 Å². The van der Waals surface area contributed by atoms with Gasteiger partial charge in [0.25, 0.3) is 0 Å². The highest BCUT2D eigenvalue weighted by Gasteiger charge is 2.28. The summed E-state index contributed by atoms with van der Waals surface area (Å²) < 4.78 is 15.7. The molecule has 1 aliphatic carbocycles. The van der Waals surface area contributed by atoms with Crippen molar-refractivity contribution in [2.45, 2.75) is 32.2 Å². The third-order valence-corrected chi connectivity index (χ3v) is 3.64. The van der Waals surface area contributed by atoms with Crippen LogP contribution in [0, 0.1) is 12.7 Å². The van der Waals surface area contributed by atoms with Crippen molar-refractivity contribution in [3.05, 3.63) is 35.3 Å². The molecule has 0 saturated heterocycles. The van der Waals surface area contributed by atoms with Gasteiger partial charge in [-0.2, -0.15) is 0 Å². The molecule has 3 heteroatoms. The highest BCUT2D eigenvalue weighted by molar-refractivity contribution is 5.85. The van der Waals surface area contributed by atoms with E-state index in [1.54, 1.807) is 12.1 Å². The van der Waals surface area contributed by atoms with Crippen molar-refractivity contribution in [1.82, 2.24) is 4.57 Å². The molecule has 0 aliphatic heterocycles. The molecule has 1 aromatic heterocycles. The van der Waals surface area contributed by atoms with Gasteiger partial charge >= 0.3 is 0 Å². The van der Waals surface area contributed by atoms with Gasteiger partial charge in [-0.25, -0.2) is 4.39 Å². The molecular weight excluding hydrogens is 215 g/mol. The standard InChI is InChI=1S/C14H17FN2/c1-9-12-8-10(15)2-5-14(12)17(11-3-4-11)13(9)6-7-16/h2,5,8,11H,3-4,6-7,16H2,1H3. The summed E-state index contributed by atoms with van der Waals surface area (Å²) in [6, 6.07) is 5.70. The predicted octanol–water partition coefficient (Wildman–Crippen LogP) is 2.92. The summed E-state index contributed by atoms with van der Waals surface area (Å²) in [4.78, 5) is 0. The summed E-state index contributed by atoms with van der Waals surface area (Å²) in [7, 11) is 0. The number of aryl methyl sites for hydroxylation is 1. The predicted molar refractivity (Wildman–Crippen MR) is 67.7 cm³/mol. The van der Waals surface area contributed by atoms with E-state index in [4.69, 9.17) is 5.73 Å². The minimum absolute atomic E-state index is 0.159. The van der Waals surface area contributed by atoms with Crippen LogP contribution in [-0.2, 0) is 6.42 Å². The topological polar surface area (TPSA) is 30.9 Å². The monoisotopic (exact) mass is 232 g/mol. The zero-order valence-electron chi connectivity index (χ0n) is 10.0. The minimum atomic E-state index is -0.159. The molecule has 1 aromatic carbocycles. The zero-order chi connectivity index (χ0) is 12.0. The summed E-state index contributed by atoms with van der Waals surface area (Å²) in [5.74, 6) is -0.159. The van der Waals surface area contributed by atoms with Gasteiger partial charge in [-0.15, -0.1) is 0 Å². The lowest BCUT2D eigenvalue weighted by molar-refractivity contribution is 0.629. The van der Waals surface area contributed by atoms with Crippen molar-refractivity contribution in [2.24, 2.45) is 5.73 Å². The minimum Gasteiger partial charge on any atom is -0.341 e. The van der Waals surface area contributed by atoms with E-state index < -0.39 is 0 Å². The van der Waals surface area contributed by atoms with Gasteiger partial charge < -0.3 is 10.3 Å². The van der Waals surface area contributed by atoms with E-state index in [2.05, 4.69) is 11.5 Å². The van der Waals surface area contributed by atoms with Crippen molar-refractivity contribution < 1.29 is 4.39 Å². The Labute approximate surface area is 100 Å². The maximum atomic E-state index is 13.3. The van der Waals surface area contributed by atoms with Crippen LogP contribution in [0.4, 0.5) is 4.39 Å². The van der Waals surface area contributed by atoms with Crippen molar-refractivity contribution in [1.29, 1.82) is 0 Å². The maximum absolute atomic E-state index is 13.3. The Morgan fingerprint density at radius 1 is 1.41 bits per heavy atom. The molecule has 90 valence electrons. The molecular formula is C14H17FN2. The van der Waals surface area contributed by atoms with Crippen molar-refractivity contribution in [3.8, 4) is 0 Å². The molecule has 2 N–H and O–H groups in total. The molecule has 1 fully saturated rings. The van der Waals surface area contributed by atoms with Gasteiger partial charge in [-0.3, -0.25) is 0 Å². The fraction of sp³-hybridized carbons (Fsp3) is 0.429. The molecule has 0 unspecified atom stereocenters. The summed E-state index contributed by atoms with van der Waals surface area (Å²) in [6.07, 6.45) is 3.34. The number of nitrogens with two attached hydrogens (primary N) is 1. The summed E-state index contributed by atoms with van der Waals surface area (Å²) in [5, 5.41) is 1.04. The van der Waals surface area contributed by atoms with Crippen molar-refractivity contribution >= 4 is 10.9 Å². The van der Waals surface area contributed by atoms with E-state index in [0.717, 1.165) is 17.3 Å². The van der Waals surface area contributed by atoms with Gasteiger partial charge in [0.15, 0.2) is 0 Å². The first-order valence-electron chi connectivity index (χ1n) is 6.21. The van der Waals surface area contributed by atoms with Crippen LogP contribution < -0.4 is 5.73 Å². The number of nitrogens with zero attached hydrogens (tertiary/aromatic N) is 1. The van der Waals surface area contributed by atoms with Crippen LogP contribution in [0.5, 0.6) is 0 Å². The van der Waals surface area contributed by atoms with Gasteiger partial charge in [0.2, 0.25) is 0 Å². The molecule has 1 heterocycles. The summed E-state index contributed by atoms with van der Waals surface area (Å²) >= 11 is 0. The SMILES string of the molecule is Cc1c(CCN)n(C2CC2)c2ccc(F)cc12. The Morgan fingerprint density at radius 3 is 2.82 bits per heavy atom. The van der Waals surface area contributed by atoms with Gasteiger partial charge in [-0.1, -0.05) is 0 Å². The fourth-order valence-corrected chi connectivity index (χ4v) is 2.69. The molecule has 2 nitrogen and oxygen atoms in total. The number of aromatic nitrogens is 1. The largest absolute Gasteiger partial charge is 0.341 e. The third-order valence-electron chi connectivity index (χ3n) is 3.64. The smallest absolute Gasteiger partial charge is 0.123 e. The molecule has 1 saturated carbocycles. The molecule has 17 heavy (non-hydrogen) atoms. The number of hydrogen-bond acceptors (Lipinski definition) is 1. The van der Waals surface area contributed by atoms with Crippen LogP contribution in [0.25, 0.3) is 10.9 Å². The maximum Gasteiger partial charge on any atom is 0.123 e. The highest BCUT2D eigenvalue weighted by atomic mass is 19.1. The lowest BCUT2D eigenvalue weighted by atomic mass is 10.1. The average Bonchev–Trinajstić information content (AvgIpc) is 3.10. The first kappa shape index (κ1) is 10.8. The van der Waals surface area contributed by atoms with Gasteiger partial charge in [-0.05, 0) is 50.1 Å². The number of hydrogen-bond donors (Lipinski definition) is 1. The second-order valence-electron chi connectivity index (χ2n) is 4.87. The Kier molecular flexibility index (Phi) is 2.44. The van der Waals surface area contributed by atoms with E-state index in [1.165, 1.54) is 24.1 Å². The number of halogens is 1. The Morgan fingerprint density at radius 2 is 2.18 bits per heavy atom. The second-order valence-corrected chi connectivity index (χ2v) is 4.87. The third kappa shape index (κ3) is 1.65. The number of rotatable bonds is 3. The quantitative estimate of drug-likeness (QED) is 0.866. The molecule has 0 amide bonds. The van der Waals surface area contributed by atoms with Crippen molar-refractivity contribution in [2.75, 3.05) is 6.54 Å².